The van der Waals surface area contributed by atoms with Crippen LogP contribution < -0.4 is 10.6 Å². The van der Waals surface area contributed by atoms with Crippen LogP contribution in [0, 0.1) is 5.82 Å². The second-order valence-corrected chi connectivity index (χ2v) is 3.84. The maximum Gasteiger partial charge on any atom is 0.127 e. The Morgan fingerprint density at radius 2 is 2.27 bits per heavy atom. The Kier molecular flexibility index (Phi) is 2.77. The largest absolute Gasteiger partial charge is 0.399 e. The smallest absolute Gasteiger partial charge is 0.127 e. The molecule has 0 aromatic heterocycles. The van der Waals surface area contributed by atoms with Gasteiger partial charge in [0, 0.05) is 31.6 Å². The zero-order valence-corrected chi connectivity index (χ0v) is 8.74. The zero-order valence-electron chi connectivity index (χ0n) is 8.74. The number of anilines is 2. The van der Waals surface area contributed by atoms with Crippen molar-refractivity contribution in [3.05, 3.63) is 24.0 Å². The third kappa shape index (κ3) is 2.21. The fourth-order valence-corrected chi connectivity index (χ4v) is 1.93. The number of nitrogens with two attached hydrogens (primary N) is 1. The fourth-order valence-electron chi connectivity index (χ4n) is 1.93. The van der Waals surface area contributed by atoms with Crippen LogP contribution in [0.3, 0.4) is 0 Å². The van der Waals surface area contributed by atoms with E-state index in [1.54, 1.807) is 13.2 Å². The Labute approximate surface area is 88.6 Å². The molecule has 0 amide bonds. The molecule has 1 aromatic rings. The first-order valence-electron chi connectivity index (χ1n) is 5.03. The van der Waals surface area contributed by atoms with E-state index in [2.05, 4.69) is 4.90 Å². The minimum Gasteiger partial charge on any atom is -0.399 e. The Balaban J connectivity index is 2.16. The van der Waals surface area contributed by atoms with Crippen molar-refractivity contribution in [2.75, 3.05) is 30.8 Å². The number of rotatable bonds is 2. The maximum atomic E-state index is 13.1. The van der Waals surface area contributed by atoms with Gasteiger partial charge in [-0.3, -0.25) is 0 Å². The van der Waals surface area contributed by atoms with Crippen LogP contribution in [0.1, 0.15) is 6.42 Å². The summed E-state index contributed by atoms with van der Waals surface area (Å²) in [5.41, 5.74) is 6.90. The molecule has 2 rings (SSSR count). The van der Waals surface area contributed by atoms with Crippen molar-refractivity contribution in [3.63, 3.8) is 0 Å². The minimum absolute atomic E-state index is 0.245. The molecule has 1 fully saturated rings. The predicted molar refractivity (Wildman–Crippen MR) is 58.4 cm³/mol. The monoisotopic (exact) mass is 210 g/mol. The van der Waals surface area contributed by atoms with Gasteiger partial charge in [-0.25, -0.2) is 4.39 Å². The first-order chi connectivity index (χ1) is 7.19. The van der Waals surface area contributed by atoms with E-state index >= 15 is 0 Å². The number of nitrogen functional groups attached to an aromatic ring is 1. The summed E-state index contributed by atoms with van der Waals surface area (Å²) in [7, 11) is 1.70. The second kappa shape index (κ2) is 4.06. The number of ether oxygens (including phenoxy) is 1. The lowest BCUT2D eigenvalue weighted by Gasteiger charge is -2.18. The van der Waals surface area contributed by atoms with Crippen LogP contribution in [0.25, 0.3) is 0 Å². The Morgan fingerprint density at radius 3 is 2.87 bits per heavy atom. The van der Waals surface area contributed by atoms with Gasteiger partial charge in [0.2, 0.25) is 0 Å². The lowest BCUT2D eigenvalue weighted by atomic mass is 10.2. The molecule has 82 valence electrons. The molecule has 0 aliphatic carbocycles. The standard InChI is InChI=1S/C11H15FN2O/c1-15-11-2-3-14(7-11)10-5-8(12)4-9(13)6-10/h4-6,11H,2-3,7,13H2,1H3. The van der Waals surface area contributed by atoms with Crippen molar-refractivity contribution < 1.29 is 9.13 Å². The van der Waals surface area contributed by atoms with E-state index in [0.29, 0.717) is 5.69 Å². The van der Waals surface area contributed by atoms with Gasteiger partial charge in [0.1, 0.15) is 5.82 Å². The summed E-state index contributed by atoms with van der Waals surface area (Å²) < 4.78 is 18.4. The van der Waals surface area contributed by atoms with E-state index in [1.807, 2.05) is 0 Å². The molecule has 1 saturated heterocycles. The van der Waals surface area contributed by atoms with Crippen LogP contribution in [0.4, 0.5) is 15.8 Å². The van der Waals surface area contributed by atoms with Crippen molar-refractivity contribution >= 4 is 11.4 Å². The van der Waals surface area contributed by atoms with E-state index < -0.39 is 0 Å². The van der Waals surface area contributed by atoms with E-state index in [9.17, 15) is 4.39 Å². The molecule has 1 atom stereocenters. The lowest BCUT2D eigenvalue weighted by Crippen LogP contribution is -2.22. The zero-order chi connectivity index (χ0) is 10.8. The van der Waals surface area contributed by atoms with Crippen LogP contribution in [-0.2, 0) is 4.74 Å². The molecule has 0 radical (unpaired) electrons. The van der Waals surface area contributed by atoms with E-state index in [-0.39, 0.29) is 11.9 Å². The Morgan fingerprint density at radius 1 is 1.47 bits per heavy atom. The van der Waals surface area contributed by atoms with Gasteiger partial charge in [0.15, 0.2) is 0 Å². The third-order valence-electron chi connectivity index (χ3n) is 2.75. The maximum absolute atomic E-state index is 13.1. The first-order valence-corrected chi connectivity index (χ1v) is 5.03. The summed E-state index contributed by atoms with van der Waals surface area (Å²) in [4.78, 5) is 2.09. The molecule has 1 unspecified atom stereocenters. The van der Waals surface area contributed by atoms with Crippen LogP contribution in [0.5, 0.6) is 0 Å². The molecular weight excluding hydrogens is 195 g/mol. The summed E-state index contributed by atoms with van der Waals surface area (Å²) >= 11 is 0. The topological polar surface area (TPSA) is 38.5 Å². The molecule has 1 heterocycles. The molecule has 15 heavy (non-hydrogen) atoms. The van der Waals surface area contributed by atoms with Crippen LogP contribution in [-0.4, -0.2) is 26.3 Å². The van der Waals surface area contributed by atoms with Crippen LogP contribution in [0.15, 0.2) is 18.2 Å². The van der Waals surface area contributed by atoms with Gasteiger partial charge >= 0.3 is 0 Å². The Hall–Kier alpha value is -1.29. The average Bonchev–Trinajstić information content (AvgIpc) is 2.64. The van der Waals surface area contributed by atoms with Gasteiger partial charge in [-0.2, -0.15) is 0 Å². The highest BCUT2D eigenvalue weighted by atomic mass is 19.1. The molecule has 3 nitrogen and oxygen atoms in total. The highest BCUT2D eigenvalue weighted by molar-refractivity contribution is 5.57. The number of halogens is 1. The number of benzene rings is 1. The number of hydrogen-bond acceptors (Lipinski definition) is 3. The molecule has 0 spiro atoms. The van der Waals surface area contributed by atoms with Crippen LogP contribution >= 0.6 is 0 Å². The van der Waals surface area contributed by atoms with Gasteiger partial charge in [-0.05, 0) is 24.6 Å². The van der Waals surface area contributed by atoms with E-state index in [1.165, 1.54) is 12.1 Å². The second-order valence-electron chi connectivity index (χ2n) is 3.84. The summed E-state index contributed by atoms with van der Waals surface area (Å²) in [6, 6.07) is 4.63. The molecular formula is C11H15FN2O. The highest BCUT2D eigenvalue weighted by Gasteiger charge is 2.22. The highest BCUT2D eigenvalue weighted by Crippen LogP contribution is 2.24. The molecule has 1 aliphatic rings. The number of methoxy groups -OCH3 is 1. The predicted octanol–water partition coefficient (Wildman–Crippen LogP) is 1.63. The van der Waals surface area contributed by atoms with E-state index in [0.717, 1.165) is 25.2 Å². The van der Waals surface area contributed by atoms with Crippen molar-refractivity contribution in [3.8, 4) is 0 Å². The molecule has 0 bridgehead atoms. The minimum atomic E-state index is -0.286. The number of nitrogens with zero attached hydrogens (tertiary/aromatic N) is 1. The van der Waals surface area contributed by atoms with Gasteiger partial charge in [0.25, 0.3) is 0 Å². The quantitative estimate of drug-likeness (QED) is 0.754. The van der Waals surface area contributed by atoms with Crippen molar-refractivity contribution in [2.45, 2.75) is 12.5 Å². The molecule has 0 saturated carbocycles. The van der Waals surface area contributed by atoms with Gasteiger partial charge in [-0.1, -0.05) is 0 Å². The molecule has 4 heteroatoms. The van der Waals surface area contributed by atoms with Gasteiger partial charge in [-0.15, -0.1) is 0 Å². The van der Waals surface area contributed by atoms with Crippen molar-refractivity contribution in [1.82, 2.24) is 0 Å². The third-order valence-corrected chi connectivity index (χ3v) is 2.75. The summed E-state index contributed by atoms with van der Waals surface area (Å²) in [5, 5.41) is 0. The summed E-state index contributed by atoms with van der Waals surface area (Å²) in [6.07, 6.45) is 1.22. The molecule has 1 aromatic carbocycles. The SMILES string of the molecule is COC1CCN(c2cc(N)cc(F)c2)C1. The summed E-state index contributed by atoms with van der Waals surface area (Å²) in [5.74, 6) is -0.286. The molecule has 2 N–H and O–H groups in total. The normalized spacial score (nSPS) is 20.9. The first kappa shape index (κ1) is 10.2. The van der Waals surface area contributed by atoms with Crippen molar-refractivity contribution in [1.29, 1.82) is 0 Å². The lowest BCUT2D eigenvalue weighted by molar-refractivity contribution is 0.121. The average molecular weight is 210 g/mol. The van der Waals surface area contributed by atoms with Crippen LogP contribution in [0.2, 0.25) is 0 Å². The molecule has 1 aliphatic heterocycles. The van der Waals surface area contributed by atoms with Gasteiger partial charge < -0.3 is 15.4 Å². The van der Waals surface area contributed by atoms with E-state index in [4.69, 9.17) is 10.5 Å². The fraction of sp³-hybridized carbons (Fsp3) is 0.455. The van der Waals surface area contributed by atoms with Crippen molar-refractivity contribution in [2.24, 2.45) is 0 Å². The van der Waals surface area contributed by atoms with Gasteiger partial charge in [0.05, 0.1) is 6.10 Å². The summed E-state index contributed by atoms with van der Waals surface area (Å²) in [6.45, 7) is 1.70. The number of hydrogen-bond donors (Lipinski definition) is 1. The Bertz CT molecular complexity index is 336.